The van der Waals surface area contributed by atoms with Crippen LogP contribution in [0.1, 0.15) is 23.3 Å². The lowest BCUT2D eigenvalue weighted by atomic mass is 10.0. The van der Waals surface area contributed by atoms with E-state index in [1.54, 1.807) is 12.3 Å². The average molecular weight is 401 g/mol. The van der Waals surface area contributed by atoms with Crippen LogP contribution < -0.4 is 4.90 Å². The van der Waals surface area contributed by atoms with Crippen molar-refractivity contribution in [1.29, 1.82) is 0 Å². The lowest BCUT2D eigenvalue weighted by Gasteiger charge is -2.43. The minimum absolute atomic E-state index is 0.0511. The minimum atomic E-state index is -0.180. The molecule has 2 fully saturated rings. The Morgan fingerprint density at radius 2 is 1.93 bits per heavy atom. The molecule has 2 aliphatic rings. The van der Waals surface area contributed by atoms with E-state index in [1.165, 1.54) is 11.8 Å². The zero-order valence-corrected chi connectivity index (χ0v) is 16.6. The summed E-state index contributed by atoms with van der Waals surface area (Å²) in [6, 6.07) is 11.5. The predicted molar refractivity (Wildman–Crippen MR) is 110 cm³/mol. The summed E-state index contributed by atoms with van der Waals surface area (Å²) in [6.07, 6.45) is 3.61. The van der Waals surface area contributed by atoms with E-state index in [0.717, 1.165) is 44.0 Å². The third kappa shape index (κ3) is 4.08. The molecule has 7 heteroatoms. The van der Waals surface area contributed by atoms with Crippen molar-refractivity contribution in [3.8, 4) is 5.75 Å². The van der Waals surface area contributed by atoms with Gasteiger partial charge in [0.15, 0.2) is 5.69 Å². The van der Waals surface area contributed by atoms with Gasteiger partial charge in [-0.1, -0.05) is 17.7 Å². The molecule has 0 aliphatic carbocycles. The smallest absolute Gasteiger partial charge is 0.276 e. The highest BCUT2D eigenvalue weighted by atomic mass is 35.5. The van der Waals surface area contributed by atoms with Crippen LogP contribution in [0.4, 0.5) is 5.69 Å². The van der Waals surface area contributed by atoms with Crippen molar-refractivity contribution < 1.29 is 9.90 Å². The van der Waals surface area contributed by atoms with Crippen LogP contribution in [0.15, 0.2) is 42.6 Å². The van der Waals surface area contributed by atoms with Gasteiger partial charge in [-0.15, -0.1) is 0 Å². The van der Waals surface area contributed by atoms with Gasteiger partial charge in [0.25, 0.3) is 5.91 Å². The van der Waals surface area contributed by atoms with E-state index in [2.05, 4.69) is 20.9 Å². The molecule has 0 radical (unpaired) electrons. The molecule has 0 saturated carbocycles. The van der Waals surface area contributed by atoms with Crippen LogP contribution in [0.5, 0.6) is 5.75 Å². The van der Waals surface area contributed by atoms with E-state index in [9.17, 15) is 9.90 Å². The van der Waals surface area contributed by atoms with E-state index < -0.39 is 0 Å². The van der Waals surface area contributed by atoms with Crippen molar-refractivity contribution in [2.24, 2.45) is 0 Å². The van der Waals surface area contributed by atoms with Crippen molar-refractivity contribution in [2.75, 3.05) is 44.2 Å². The third-order valence-corrected chi connectivity index (χ3v) is 5.91. The molecular formula is C21H25ClN4O2. The normalized spacial score (nSPS) is 21.0. The van der Waals surface area contributed by atoms with E-state index in [1.807, 2.05) is 23.1 Å². The molecule has 1 aromatic heterocycles. The summed E-state index contributed by atoms with van der Waals surface area (Å²) < 4.78 is 0. The molecule has 0 unspecified atom stereocenters. The Bertz CT molecular complexity index is 839. The highest BCUT2D eigenvalue weighted by Gasteiger charge is 2.31. The number of nitrogens with zero attached hydrogens (tertiary/aromatic N) is 4. The monoisotopic (exact) mass is 400 g/mol. The summed E-state index contributed by atoms with van der Waals surface area (Å²) in [5, 5.41) is 10.7. The highest BCUT2D eigenvalue weighted by Crippen LogP contribution is 2.24. The van der Waals surface area contributed by atoms with Crippen molar-refractivity contribution in [1.82, 2.24) is 14.8 Å². The molecule has 0 spiro atoms. The van der Waals surface area contributed by atoms with Crippen molar-refractivity contribution in [3.05, 3.63) is 53.3 Å². The fourth-order valence-corrected chi connectivity index (χ4v) is 4.35. The first-order valence-corrected chi connectivity index (χ1v) is 10.2. The second-order valence-corrected chi connectivity index (χ2v) is 7.86. The lowest BCUT2D eigenvalue weighted by molar-refractivity contribution is 0.0555. The maximum absolute atomic E-state index is 12.8. The highest BCUT2D eigenvalue weighted by molar-refractivity contribution is 6.30. The quantitative estimate of drug-likeness (QED) is 0.858. The maximum atomic E-state index is 12.8. The standard InChI is InChI=1S/C21H25ClN4O2/c22-16-4-1-5-17(14-16)24-10-12-25(13-11-24)18-6-3-9-26(15-18)21(28)20-19(27)7-2-8-23-20/h1-2,4-5,7-8,14,18,27H,3,6,9-13,15H2/t18-/m1/s1. The summed E-state index contributed by atoms with van der Waals surface area (Å²) in [7, 11) is 0. The summed E-state index contributed by atoms with van der Waals surface area (Å²) in [5.41, 5.74) is 1.31. The number of anilines is 1. The molecule has 1 atom stereocenters. The number of rotatable bonds is 3. The van der Waals surface area contributed by atoms with E-state index in [4.69, 9.17) is 11.6 Å². The topological polar surface area (TPSA) is 59.9 Å². The van der Waals surface area contributed by atoms with Gasteiger partial charge in [0.2, 0.25) is 0 Å². The molecule has 2 aliphatic heterocycles. The van der Waals surface area contributed by atoms with Crippen molar-refractivity contribution >= 4 is 23.2 Å². The Morgan fingerprint density at radius 1 is 1.11 bits per heavy atom. The number of carbonyl (C=O) groups is 1. The number of amides is 1. The molecular weight excluding hydrogens is 376 g/mol. The van der Waals surface area contributed by atoms with Gasteiger partial charge in [0.1, 0.15) is 5.75 Å². The number of pyridine rings is 1. The zero-order valence-electron chi connectivity index (χ0n) is 15.8. The molecule has 148 valence electrons. The Morgan fingerprint density at radius 3 is 2.68 bits per heavy atom. The number of likely N-dealkylation sites (tertiary alicyclic amines) is 1. The fraction of sp³-hybridized carbons (Fsp3) is 0.429. The molecule has 6 nitrogen and oxygen atoms in total. The van der Waals surface area contributed by atoms with Crippen molar-refractivity contribution in [2.45, 2.75) is 18.9 Å². The zero-order chi connectivity index (χ0) is 19.5. The fourth-order valence-electron chi connectivity index (χ4n) is 4.17. The average Bonchev–Trinajstić information content (AvgIpc) is 2.74. The van der Waals surface area contributed by atoms with Crippen LogP contribution in [-0.2, 0) is 0 Å². The second-order valence-electron chi connectivity index (χ2n) is 7.42. The van der Waals surface area contributed by atoms with Gasteiger partial charge in [0, 0.05) is 62.2 Å². The second kappa shape index (κ2) is 8.37. The van der Waals surface area contributed by atoms with Gasteiger partial charge in [0.05, 0.1) is 0 Å². The molecule has 1 N–H and O–H groups in total. The number of aromatic hydroxyl groups is 1. The number of hydrogen-bond acceptors (Lipinski definition) is 5. The van der Waals surface area contributed by atoms with Crippen LogP contribution in [0, 0.1) is 0 Å². The first-order valence-electron chi connectivity index (χ1n) is 9.79. The van der Waals surface area contributed by atoms with Gasteiger partial charge in [-0.25, -0.2) is 4.98 Å². The molecule has 2 saturated heterocycles. The molecule has 28 heavy (non-hydrogen) atoms. The van der Waals surface area contributed by atoms with Crippen LogP contribution in [0.25, 0.3) is 0 Å². The Hall–Kier alpha value is -2.31. The summed E-state index contributed by atoms with van der Waals surface area (Å²) in [5.74, 6) is -0.231. The number of carbonyl (C=O) groups excluding carboxylic acids is 1. The molecule has 2 aromatic rings. The van der Waals surface area contributed by atoms with Gasteiger partial charge in [-0.05, 0) is 43.2 Å². The van der Waals surface area contributed by atoms with Crippen LogP contribution in [0.3, 0.4) is 0 Å². The number of piperidine rings is 1. The number of piperazine rings is 1. The minimum Gasteiger partial charge on any atom is -0.505 e. The van der Waals surface area contributed by atoms with Crippen LogP contribution >= 0.6 is 11.6 Å². The first kappa shape index (κ1) is 19.0. The van der Waals surface area contributed by atoms with Gasteiger partial charge in [-0.2, -0.15) is 0 Å². The molecule has 1 aromatic carbocycles. The Balaban J connectivity index is 1.37. The van der Waals surface area contributed by atoms with Gasteiger partial charge >= 0.3 is 0 Å². The van der Waals surface area contributed by atoms with Crippen molar-refractivity contribution in [3.63, 3.8) is 0 Å². The largest absolute Gasteiger partial charge is 0.505 e. The lowest BCUT2D eigenvalue weighted by Crippen LogP contribution is -2.56. The number of benzene rings is 1. The predicted octanol–water partition coefficient (Wildman–Crippen LogP) is 2.87. The number of aromatic nitrogens is 1. The Labute approximate surface area is 170 Å². The molecule has 3 heterocycles. The van der Waals surface area contributed by atoms with E-state index in [0.29, 0.717) is 19.1 Å². The summed E-state index contributed by atoms with van der Waals surface area (Å²) in [4.78, 5) is 23.5. The summed E-state index contributed by atoms with van der Waals surface area (Å²) in [6.45, 7) is 5.24. The molecule has 1 amide bonds. The summed E-state index contributed by atoms with van der Waals surface area (Å²) >= 11 is 6.12. The number of halogens is 1. The van der Waals surface area contributed by atoms with E-state index >= 15 is 0 Å². The van der Waals surface area contributed by atoms with E-state index in [-0.39, 0.29) is 17.4 Å². The molecule has 4 rings (SSSR count). The SMILES string of the molecule is O=C(c1ncccc1O)N1CCC[C@@H](N2CCN(c3cccc(Cl)c3)CC2)C1. The van der Waals surface area contributed by atoms with Gasteiger partial charge in [-0.3, -0.25) is 9.69 Å². The van der Waals surface area contributed by atoms with Crippen LogP contribution in [-0.4, -0.2) is 71.1 Å². The third-order valence-electron chi connectivity index (χ3n) is 5.68. The molecule has 0 bridgehead atoms. The van der Waals surface area contributed by atoms with Crippen LogP contribution in [0.2, 0.25) is 5.02 Å². The number of hydrogen-bond donors (Lipinski definition) is 1. The Kier molecular flexibility index (Phi) is 5.69. The maximum Gasteiger partial charge on any atom is 0.276 e. The van der Waals surface area contributed by atoms with Gasteiger partial charge < -0.3 is 14.9 Å². The first-order chi connectivity index (χ1) is 13.6.